The van der Waals surface area contributed by atoms with Crippen molar-refractivity contribution in [1.82, 2.24) is 10.9 Å². The van der Waals surface area contributed by atoms with Crippen LogP contribution in [-0.2, 0) is 4.79 Å². The van der Waals surface area contributed by atoms with Crippen LogP contribution < -0.4 is 16.2 Å². The molecule has 0 saturated carbocycles. The number of nitrogens with one attached hydrogen (secondary N) is 3. The minimum absolute atomic E-state index is 0.316. The van der Waals surface area contributed by atoms with Crippen molar-refractivity contribution < 1.29 is 4.79 Å². The van der Waals surface area contributed by atoms with E-state index in [0.717, 1.165) is 5.69 Å². The van der Waals surface area contributed by atoms with E-state index in [-0.39, 0.29) is 0 Å². The lowest BCUT2D eigenvalue weighted by Crippen LogP contribution is -2.42. The predicted molar refractivity (Wildman–Crippen MR) is 64.0 cm³/mol. The molecule has 0 aliphatic rings. The van der Waals surface area contributed by atoms with Crippen molar-refractivity contribution >= 4 is 28.9 Å². The summed E-state index contributed by atoms with van der Waals surface area (Å²) in [6.45, 7) is 5.13. The van der Waals surface area contributed by atoms with E-state index in [2.05, 4.69) is 23.1 Å². The number of hydrogen-bond donors (Lipinski definition) is 3. The minimum Gasteiger partial charge on any atom is -0.331 e. The van der Waals surface area contributed by atoms with Gasteiger partial charge in [-0.05, 0) is 31.3 Å². The molecule has 1 amide bonds. The van der Waals surface area contributed by atoms with Crippen LogP contribution in [0.4, 0.5) is 5.69 Å². The van der Waals surface area contributed by atoms with Gasteiger partial charge in [-0.2, -0.15) is 0 Å². The van der Waals surface area contributed by atoms with Gasteiger partial charge in [0.2, 0.25) is 5.91 Å². The largest absolute Gasteiger partial charge is 0.331 e. The monoisotopic (exact) mass is 222 g/mol. The lowest BCUT2D eigenvalue weighted by Gasteiger charge is -2.10. The van der Waals surface area contributed by atoms with Crippen LogP contribution in [0.2, 0.25) is 0 Å². The molecule has 0 aromatic heterocycles. The molecule has 4 nitrogen and oxygen atoms in total. The molecule has 0 fully saturated rings. The van der Waals surface area contributed by atoms with Gasteiger partial charge >= 0.3 is 0 Å². The second-order valence-electron chi connectivity index (χ2n) is 2.99. The van der Waals surface area contributed by atoms with Crippen LogP contribution >= 0.6 is 12.2 Å². The Hall–Kier alpha value is -1.62. The number of rotatable bonds is 1. The van der Waals surface area contributed by atoms with E-state index < -0.39 is 5.91 Å². The summed E-state index contributed by atoms with van der Waals surface area (Å²) in [7, 11) is 0. The average molecular weight is 222 g/mol. The first kappa shape index (κ1) is 11.5. The molecule has 15 heavy (non-hydrogen) atoms. The van der Waals surface area contributed by atoms with Gasteiger partial charge in [-0.15, -0.1) is 0 Å². The maximum atomic E-state index is 10.5. The first-order valence-electron chi connectivity index (χ1n) is 4.33. The van der Waals surface area contributed by atoms with E-state index in [4.69, 9.17) is 12.2 Å². The molecule has 1 radical (unpaired) electrons. The van der Waals surface area contributed by atoms with Gasteiger partial charge in [0, 0.05) is 12.6 Å². The molecule has 1 aromatic carbocycles. The zero-order chi connectivity index (χ0) is 11.3. The summed E-state index contributed by atoms with van der Waals surface area (Å²) in [6, 6.07) is 7.72. The Bertz CT molecular complexity index is 361. The van der Waals surface area contributed by atoms with Crippen LogP contribution in [0, 0.1) is 13.8 Å². The van der Waals surface area contributed by atoms with Crippen molar-refractivity contribution in [2.45, 2.75) is 6.92 Å². The highest BCUT2D eigenvalue weighted by molar-refractivity contribution is 7.80. The minimum atomic E-state index is -0.442. The summed E-state index contributed by atoms with van der Waals surface area (Å²) < 4.78 is 0. The average Bonchev–Trinajstić information content (AvgIpc) is 2.19. The summed E-state index contributed by atoms with van der Waals surface area (Å²) in [5, 5.41) is 3.22. The van der Waals surface area contributed by atoms with E-state index in [0.29, 0.717) is 5.11 Å². The second-order valence-corrected chi connectivity index (χ2v) is 3.40. The maximum Gasteiger partial charge on any atom is 0.238 e. The summed E-state index contributed by atoms with van der Waals surface area (Å²) in [5.74, 6) is -0.442. The topological polar surface area (TPSA) is 53.2 Å². The fourth-order valence-electron chi connectivity index (χ4n) is 0.926. The van der Waals surface area contributed by atoms with Gasteiger partial charge < -0.3 is 5.32 Å². The van der Waals surface area contributed by atoms with Gasteiger partial charge in [-0.3, -0.25) is 15.6 Å². The van der Waals surface area contributed by atoms with Gasteiger partial charge in [-0.1, -0.05) is 17.7 Å². The van der Waals surface area contributed by atoms with Crippen LogP contribution in [0.5, 0.6) is 0 Å². The summed E-state index contributed by atoms with van der Waals surface area (Å²) in [6.07, 6.45) is 0. The number of aryl methyl sites for hydroxylation is 1. The SMILES string of the molecule is [CH2]C(=O)NNC(=S)Nc1ccc(C)cc1. The van der Waals surface area contributed by atoms with Gasteiger partial charge in [0.15, 0.2) is 5.11 Å². The molecule has 0 aliphatic heterocycles. The quantitative estimate of drug-likeness (QED) is 0.493. The first-order valence-corrected chi connectivity index (χ1v) is 4.74. The van der Waals surface area contributed by atoms with E-state index in [1.165, 1.54) is 5.56 Å². The summed E-state index contributed by atoms with van der Waals surface area (Å²) in [5.41, 5.74) is 6.81. The Morgan fingerprint density at radius 3 is 2.40 bits per heavy atom. The third-order valence-electron chi connectivity index (χ3n) is 1.62. The number of amides is 1. The summed E-state index contributed by atoms with van der Waals surface area (Å²) >= 11 is 4.92. The lowest BCUT2D eigenvalue weighted by molar-refractivity contribution is -0.117. The summed E-state index contributed by atoms with van der Waals surface area (Å²) in [4.78, 5) is 10.5. The van der Waals surface area contributed by atoms with Crippen molar-refractivity contribution in [3.63, 3.8) is 0 Å². The molecule has 1 aromatic rings. The maximum absolute atomic E-state index is 10.5. The fraction of sp³-hybridized carbons (Fsp3) is 0.100. The number of anilines is 1. The highest BCUT2D eigenvalue weighted by Gasteiger charge is 1.97. The highest BCUT2D eigenvalue weighted by atomic mass is 32.1. The molecule has 79 valence electrons. The molecular weight excluding hydrogens is 210 g/mol. The van der Waals surface area contributed by atoms with E-state index in [9.17, 15) is 4.79 Å². The normalized spacial score (nSPS) is 9.20. The molecule has 0 aliphatic carbocycles. The van der Waals surface area contributed by atoms with Crippen LogP contribution in [0.3, 0.4) is 0 Å². The van der Waals surface area contributed by atoms with Gasteiger partial charge in [-0.25, -0.2) is 0 Å². The molecular formula is C10H12N3OS. The second kappa shape index (κ2) is 5.31. The number of hydrogen-bond acceptors (Lipinski definition) is 2. The van der Waals surface area contributed by atoms with Gasteiger partial charge in [0.1, 0.15) is 0 Å². The fourth-order valence-corrected chi connectivity index (χ4v) is 1.09. The van der Waals surface area contributed by atoms with E-state index >= 15 is 0 Å². The molecule has 0 heterocycles. The van der Waals surface area contributed by atoms with Crippen molar-refractivity contribution in [1.29, 1.82) is 0 Å². The van der Waals surface area contributed by atoms with Crippen LogP contribution in [0.1, 0.15) is 5.56 Å². The van der Waals surface area contributed by atoms with Crippen LogP contribution in [0.25, 0.3) is 0 Å². The number of hydrazine groups is 1. The molecule has 1 rings (SSSR count). The molecule has 3 N–H and O–H groups in total. The highest BCUT2D eigenvalue weighted by Crippen LogP contribution is 2.07. The van der Waals surface area contributed by atoms with Crippen molar-refractivity contribution in [3.8, 4) is 0 Å². The van der Waals surface area contributed by atoms with Gasteiger partial charge in [0.05, 0.1) is 0 Å². The third kappa shape index (κ3) is 4.42. The first-order chi connectivity index (χ1) is 7.08. The zero-order valence-electron chi connectivity index (χ0n) is 8.33. The molecule has 0 spiro atoms. The molecule has 0 bridgehead atoms. The number of benzene rings is 1. The Kier molecular flexibility index (Phi) is 4.05. The Morgan fingerprint density at radius 1 is 1.27 bits per heavy atom. The standard InChI is InChI=1S/C10H12N3OS/c1-7-3-5-9(6-4-7)11-10(15)13-12-8(2)14/h3-6H,2H2,1H3,(H,12,14)(H2,11,13,15). The molecule has 0 saturated heterocycles. The number of carbonyl (C=O) groups excluding carboxylic acids is 1. The van der Waals surface area contributed by atoms with E-state index in [1.807, 2.05) is 31.2 Å². The van der Waals surface area contributed by atoms with E-state index in [1.54, 1.807) is 0 Å². The van der Waals surface area contributed by atoms with Gasteiger partial charge in [0.25, 0.3) is 0 Å². The van der Waals surface area contributed by atoms with Crippen LogP contribution in [0.15, 0.2) is 24.3 Å². The number of carbonyl (C=O) groups is 1. The Labute approximate surface area is 94.0 Å². The predicted octanol–water partition coefficient (Wildman–Crippen LogP) is 1.15. The third-order valence-corrected chi connectivity index (χ3v) is 1.83. The Morgan fingerprint density at radius 2 is 1.87 bits per heavy atom. The van der Waals surface area contributed by atoms with Crippen LogP contribution in [-0.4, -0.2) is 11.0 Å². The molecule has 5 heteroatoms. The zero-order valence-corrected chi connectivity index (χ0v) is 9.15. The molecule has 0 atom stereocenters. The van der Waals surface area contributed by atoms with Crippen molar-refractivity contribution in [2.24, 2.45) is 0 Å². The Balaban J connectivity index is 2.44. The lowest BCUT2D eigenvalue weighted by atomic mass is 10.2. The molecule has 0 unspecified atom stereocenters. The van der Waals surface area contributed by atoms with Crippen molar-refractivity contribution in [3.05, 3.63) is 36.8 Å². The number of thiocarbonyl (C=S) groups is 1. The smallest absolute Gasteiger partial charge is 0.238 e. The van der Waals surface area contributed by atoms with Crippen molar-refractivity contribution in [2.75, 3.05) is 5.32 Å².